The summed E-state index contributed by atoms with van der Waals surface area (Å²) in [5, 5.41) is 14.5. The van der Waals surface area contributed by atoms with Gasteiger partial charge in [-0.3, -0.25) is 14.4 Å². The number of nitrogens with one attached hydrogen (secondary N) is 5. The monoisotopic (exact) mass is 574 g/mol. The Morgan fingerprint density at radius 1 is 0.829 bits per heavy atom. The Kier molecular flexibility index (Phi) is 16.0. The van der Waals surface area contributed by atoms with E-state index in [9.17, 15) is 19.2 Å². The largest absolute Gasteiger partial charge is 0.352 e. The van der Waals surface area contributed by atoms with E-state index in [1.54, 1.807) is 0 Å². The molecule has 0 bridgehead atoms. The minimum atomic E-state index is -0.860. The number of nitrogens with two attached hydrogens (primary N) is 1. The zero-order valence-corrected chi connectivity index (χ0v) is 26.2. The molecule has 0 fully saturated rings. The number of urea groups is 1. The number of carbonyl (C=O) groups excluding carboxylic acids is 4. The first-order valence-corrected chi connectivity index (χ1v) is 15.0. The minimum Gasteiger partial charge on any atom is -0.352 e. The second kappa shape index (κ2) is 18.3. The number of amides is 5. The van der Waals surface area contributed by atoms with Gasteiger partial charge in [0.15, 0.2) is 0 Å². The summed E-state index contributed by atoms with van der Waals surface area (Å²) in [7, 11) is 0. The van der Waals surface area contributed by atoms with Crippen LogP contribution in [0.3, 0.4) is 0 Å². The Morgan fingerprint density at radius 3 is 2.05 bits per heavy atom. The fourth-order valence-corrected chi connectivity index (χ4v) is 4.30. The second-order valence-corrected chi connectivity index (χ2v) is 12.6. The average Bonchev–Trinajstić information content (AvgIpc) is 2.86. The lowest BCUT2D eigenvalue weighted by atomic mass is 10.0. The Labute approximate surface area is 246 Å². The van der Waals surface area contributed by atoms with E-state index in [0.29, 0.717) is 24.4 Å². The van der Waals surface area contributed by atoms with Crippen LogP contribution in [0.15, 0.2) is 24.3 Å². The van der Waals surface area contributed by atoms with Crippen molar-refractivity contribution in [3.63, 3.8) is 0 Å². The highest BCUT2D eigenvalue weighted by atomic mass is 16.2. The van der Waals surface area contributed by atoms with Crippen molar-refractivity contribution >= 4 is 29.4 Å². The lowest BCUT2D eigenvalue weighted by Crippen LogP contribution is -2.54. The van der Waals surface area contributed by atoms with Gasteiger partial charge in [-0.2, -0.15) is 0 Å². The first-order valence-electron chi connectivity index (χ1n) is 15.0. The van der Waals surface area contributed by atoms with E-state index in [-0.39, 0.29) is 36.2 Å². The molecule has 41 heavy (non-hydrogen) atoms. The molecule has 232 valence electrons. The topological polar surface area (TPSA) is 154 Å². The van der Waals surface area contributed by atoms with Crippen LogP contribution in [-0.4, -0.2) is 54.5 Å². The normalized spacial score (nSPS) is 13.0. The van der Waals surface area contributed by atoms with Crippen LogP contribution >= 0.6 is 0 Å². The molecule has 0 aromatic heterocycles. The predicted octanol–water partition coefficient (Wildman–Crippen LogP) is 3.85. The van der Waals surface area contributed by atoms with E-state index in [0.717, 1.165) is 32.2 Å². The number of anilines is 1. The molecule has 2 atom stereocenters. The molecule has 0 radical (unpaired) electrons. The lowest BCUT2D eigenvalue weighted by Gasteiger charge is -2.25. The molecule has 1 aromatic rings. The van der Waals surface area contributed by atoms with Gasteiger partial charge >= 0.3 is 6.03 Å². The van der Waals surface area contributed by atoms with Crippen LogP contribution in [0, 0.1) is 11.8 Å². The van der Waals surface area contributed by atoms with E-state index in [1.807, 2.05) is 38.1 Å². The van der Waals surface area contributed by atoms with Gasteiger partial charge < -0.3 is 32.3 Å². The molecule has 5 amide bonds. The molecule has 0 unspecified atom stereocenters. The maximum absolute atomic E-state index is 13.3. The van der Waals surface area contributed by atoms with Crippen LogP contribution in [-0.2, 0) is 20.8 Å². The lowest BCUT2D eigenvalue weighted by molar-refractivity contribution is -0.132. The molecule has 1 aromatic carbocycles. The van der Waals surface area contributed by atoms with E-state index in [4.69, 9.17) is 5.73 Å². The maximum atomic E-state index is 13.3. The zero-order valence-electron chi connectivity index (χ0n) is 26.2. The Morgan fingerprint density at radius 2 is 1.49 bits per heavy atom. The molecular weight excluding hydrogens is 520 g/mol. The van der Waals surface area contributed by atoms with Gasteiger partial charge in [-0.05, 0) is 89.0 Å². The third-order valence-corrected chi connectivity index (χ3v) is 6.47. The van der Waals surface area contributed by atoms with Crippen molar-refractivity contribution in [2.24, 2.45) is 17.6 Å². The second-order valence-electron chi connectivity index (χ2n) is 12.6. The van der Waals surface area contributed by atoms with Crippen molar-refractivity contribution in [1.29, 1.82) is 0 Å². The molecule has 0 aliphatic rings. The van der Waals surface area contributed by atoms with Crippen molar-refractivity contribution < 1.29 is 19.2 Å². The van der Waals surface area contributed by atoms with Crippen LogP contribution in [0.5, 0.6) is 0 Å². The standard InChI is InChI=1S/C31H54N6O4/c1-21(2)20-23-14-16-24(17-15-23)35-28(39)25(12-11-18-33-30(32)41)36-29(40)27(22(3)4)37-26(38)13-9-8-10-19-34-31(5,6)7/h14-17,21-22,25,27,34H,8-13,18-20H2,1-7H3,(H,35,39)(H,36,40)(H,37,38)(H3,32,33,41)/t25-,27-/m0/s1. The van der Waals surface area contributed by atoms with Gasteiger partial charge in [-0.1, -0.05) is 46.2 Å². The van der Waals surface area contributed by atoms with Crippen molar-refractivity contribution in [1.82, 2.24) is 21.3 Å². The van der Waals surface area contributed by atoms with Crippen molar-refractivity contribution in [2.75, 3.05) is 18.4 Å². The van der Waals surface area contributed by atoms with Crippen molar-refractivity contribution in [3.05, 3.63) is 29.8 Å². The van der Waals surface area contributed by atoms with Crippen LogP contribution in [0.25, 0.3) is 0 Å². The van der Waals surface area contributed by atoms with Crippen molar-refractivity contribution in [3.8, 4) is 0 Å². The van der Waals surface area contributed by atoms with E-state index >= 15 is 0 Å². The zero-order chi connectivity index (χ0) is 31.0. The van der Waals surface area contributed by atoms with Gasteiger partial charge in [-0.25, -0.2) is 4.79 Å². The summed E-state index contributed by atoms with van der Waals surface area (Å²) in [6, 6.07) is 5.36. The highest BCUT2D eigenvalue weighted by Gasteiger charge is 2.28. The molecule has 0 saturated heterocycles. The number of benzene rings is 1. The summed E-state index contributed by atoms with van der Waals surface area (Å²) in [6.07, 6.45) is 4.60. The maximum Gasteiger partial charge on any atom is 0.312 e. The summed E-state index contributed by atoms with van der Waals surface area (Å²) in [6.45, 7) is 15.5. The summed E-state index contributed by atoms with van der Waals surface area (Å²) in [5.74, 6) is -0.627. The number of hydrogen-bond acceptors (Lipinski definition) is 5. The molecule has 0 saturated carbocycles. The first-order chi connectivity index (χ1) is 19.2. The minimum absolute atomic E-state index is 0.0699. The average molecular weight is 575 g/mol. The highest BCUT2D eigenvalue weighted by molar-refractivity contribution is 5.98. The van der Waals surface area contributed by atoms with E-state index in [1.165, 1.54) is 5.56 Å². The number of rotatable bonds is 18. The van der Waals surface area contributed by atoms with E-state index < -0.39 is 24.0 Å². The Balaban J connectivity index is 2.77. The molecule has 10 heteroatoms. The molecule has 0 heterocycles. The number of carbonyl (C=O) groups is 4. The molecule has 7 N–H and O–H groups in total. The first kappa shape index (κ1) is 35.9. The van der Waals surface area contributed by atoms with Crippen molar-refractivity contribution in [2.45, 2.75) is 111 Å². The summed E-state index contributed by atoms with van der Waals surface area (Å²) >= 11 is 0. The SMILES string of the molecule is CC(C)Cc1ccc(NC(=O)[C@H](CCCNC(N)=O)NC(=O)[C@@H](NC(=O)CCCCCNC(C)(C)C)C(C)C)cc1. The van der Waals surface area contributed by atoms with Gasteiger partial charge in [-0.15, -0.1) is 0 Å². The third kappa shape index (κ3) is 16.7. The van der Waals surface area contributed by atoms with Gasteiger partial charge in [0.25, 0.3) is 0 Å². The Bertz CT molecular complexity index is 956. The fourth-order valence-electron chi connectivity index (χ4n) is 4.30. The molecule has 0 aliphatic heterocycles. The molecule has 10 nitrogen and oxygen atoms in total. The fraction of sp³-hybridized carbons (Fsp3) is 0.677. The van der Waals surface area contributed by atoms with Gasteiger partial charge in [0.05, 0.1) is 0 Å². The quantitative estimate of drug-likeness (QED) is 0.147. The van der Waals surface area contributed by atoms with Crippen LogP contribution in [0.2, 0.25) is 0 Å². The summed E-state index contributed by atoms with van der Waals surface area (Å²) in [5.41, 5.74) is 7.02. The van der Waals surface area contributed by atoms with Gasteiger partial charge in [0.2, 0.25) is 17.7 Å². The molecular formula is C31H54N6O4. The summed E-state index contributed by atoms with van der Waals surface area (Å²) < 4.78 is 0. The molecule has 0 spiro atoms. The number of primary amides is 1. The van der Waals surface area contributed by atoms with Crippen LogP contribution in [0.1, 0.15) is 92.6 Å². The van der Waals surface area contributed by atoms with Crippen LogP contribution < -0.4 is 32.3 Å². The number of unbranched alkanes of at least 4 members (excludes halogenated alkanes) is 2. The number of hydrogen-bond donors (Lipinski definition) is 6. The van der Waals surface area contributed by atoms with Crippen LogP contribution in [0.4, 0.5) is 10.5 Å². The predicted molar refractivity (Wildman–Crippen MR) is 165 cm³/mol. The third-order valence-electron chi connectivity index (χ3n) is 6.47. The van der Waals surface area contributed by atoms with E-state index in [2.05, 4.69) is 61.2 Å². The highest BCUT2D eigenvalue weighted by Crippen LogP contribution is 2.14. The smallest absolute Gasteiger partial charge is 0.312 e. The Hall–Kier alpha value is -3.14. The van der Waals surface area contributed by atoms with Gasteiger partial charge in [0, 0.05) is 24.2 Å². The van der Waals surface area contributed by atoms with Gasteiger partial charge in [0.1, 0.15) is 12.1 Å². The molecule has 1 rings (SSSR count). The summed E-state index contributed by atoms with van der Waals surface area (Å²) in [4.78, 5) is 50.2. The molecule has 0 aliphatic carbocycles.